The van der Waals surface area contributed by atoms with Gasteiger partial charge in [0, 0.05) is 18.8 Å². The molecule has 0 atom stereocenters. The van der Waals surface area contributed by atoms with E-state index in [-0.39, 0.29) is 12.3 Å². The fraction of sp³-hybridized carbons (Fsp3) is 0.333. The van der Waals surface area contributed by atoms with Crippen LogP contribution in [0, 0.1) is 0 Å². The van der Waals surface area contributed by atoms with Crippen molar-refractivity contribution in [2.45, 2.75) is 0 Å². The van der Waals surface area contributed by atoms with Crippen LogP contribution in [0.2, 0.25) is 0 Å². The van der Waals surface area contributed by atoms with Crippen LogP contribution in [0.5, 0.6) is 5.75 Å². The lowest BCUT2D eigenvalue weighted by Gasteiger charge is -2.14. The maximum atomic E-state index is 11.7. The highest BCUT2D eigenvalue weighted by atomic mass is 32.2. The number of hydrogen-bond acceptors (Lipinski definition) is 5. The molecule has 9 heteroatoms. The Balaban J connectivity index is 2.64. The molecular formula is C12H16N2O6S. The second kappa shape index (κ2) is 7.04. The van der Waals surface area contributed by atoms with Crippen LogP contribution in [0.4, 0.5) is 5.69 Å². The summed E-state index contributed by atoms with van der Waals surface area (Å²) in [6, 6.07) is 6.14. The van der Waals surface area contributed by atoms with E-state index < -0.39 is 28.5 Å². The highest BCUT2D eigenvalue weighted by Gasteiger charge is 2.15. The minimum absolute atomic E-state index is 0.284. The summed E-state index contributed by atoms with van der Waals surface area (Å²) in [5.74, 6) is -1.34. The molecule has 0 bridgehead atoms. The molecule has 0 aliphatic heterocycles. The summed E-state index contributed by atoms with van der Waals surface area (Å²) < 4.78 is 28.3. The molecule has 0 saturated heterocycles. The van der Waals surface area contributed by atoms with Crippen LogP contribution in [0.1, 0.15) is 0 Å². The lowest BCUT2D eigenvalue weighted by atomic mass is 10.3. The zero-order valence-electron chi connectivity index (χ0n) is 11.6. The van der Waals surface area contributed by atoms with Crippen LogP contribution >= 0.6 is 0 Å². The number of carbonyl (C=O) groups is 2. The Morgan fingerprint density at radius 3 is 2.62 bits per heavy atom. The van der Waals surface area contributed by atoms with Gasteiger partial charge in [-0.05, 0) is 12.1 Å². The Morgan fingerprint density at radius 2 is 2.05 bits per heavy atom. The van der Waals surface area contributed by atoms with E-state index in [0.29, 0.717) is 5.69 Å². The van der Waals surface area contributed by atoms with Gasteiger partial charge in [-0.1, -0.05) is 6.07 Å². The predicted molar refractivity (Wildman–Crippen MR) is 75.7 cm³/mol. The summed E-state index contributed by atoms with van der Waals surface area (Å²) >= 11 is 0. The maximum absolute atomic E-state index is 11.7. The van der Waals surface area contributed by atoms with Crippen LogP contribution in [-0.4, -0.2) is 56.2 Å². The molecule has 1 aromatic rings. The Labute approximate surface area is 122 Å². The van der Waals surface area contributed by atoms with Crippen molar-refractivity contribution < 1.29 is 27.9 Å². The number of hydrogen-bond donors (Lipinski definition) is 2. The second-order valence-corrected chi connectivity index (χ2v) is 6.37. The van der Waals surface area contributed by atoms with Crippen molar-refractivity contribution in [3.8, 4) is 5.75 Å². The first-order chi connectivity index (χ1) is 9.68. The fourth-order valence-electron chi connectivity index (χ4n) is 1.33. The summed E-state index contributed by atoms with van der Waals surface area (Å²) in [6.07, 6.45) is 1.00. The Morgan fingerprint density at radius 1 is 1.38 bits per heavy atom. The maximum Gasteiger partial charge on any atom is 0.341 e. The van der Waals surface area contributed by atoms with E-state index in [4.69, 9.17) is 9.84 Å². The van der Waals surface area contributed by atoms with E-state index in [1.54, 1.807) is 18.2 Å². The van der Waals surface area contributed by atoms with Crippen molar-refractivity contribution >= 4 is 27.6 Å². The number of anilines is 1. The Hall–Kier alpha value is -2.13. The number of amides is 1. The van der Waals surface area contributed by atoms with Crippen molar-refractivity contribution in [1.29, 1.82) is 0 Å². The van der Waals surface area contributed by atoms with Crippen LogP contribution < -0.4 is 10.1 Å². The number of nitrogens with one attached hydrogen (secondary N) is 1. The number of sulfonamides is 1. The average Bonchev–Trinajstić information content (AvgIpc) is 2.35. The lowest BCUT2D eigenvalue weighted by Crippen LogP contribution is -2.34. The predicted octanol–water partition coefficient (Wildman–Crippen LogP) is -0.0201. The van der Waals surface area contributed by atoms with Crippen LogP contribution in [-0.2, 0) is 19.6 Å². The van der Waals surface area contributed by atoms with Gasteiger partial charge in [-0.2, -0.15) is 4.31 Å². The SMILES string of the molecule is CN(CC(=O)Nc1cccc(OCC(=O)O)c1)S(C)(=O)=O. The normalized spacial score (nSPS) is 11.2. The average molecular weight is 316 g/mol. The van der Waals surface area contributed by atoms with Crippen molar-refractivity contribution in [1.82, 2.24) is 4.31 Å². The molecule has 0 aliphatic carbocycles. The number of carboxylic acid groups (broad SMARTS) is 1. The van der Waals surface area contributed by atoms with Crippen LogP contribution in [0.25, 0.3) is 0 Å². The molecule has 0 radical (unpaired) electrons. The van der Waals surface area contributed by atoms with E-state index in [9.17, 15) is 18.0 Å². The summed E-state index contributed by atoms with van der Waals surface area (Å²) in [5.41, 5.74) is 0.379. The van der Waals surface area contributed by atoms with E-state index >= 15 is 0 Å². The number of nitrogens with zero attached hydrogens (tertiary/aromatic N) is 1. The van der Waals surface area contributed by atoms with Gasteiger partial charge < -0.3 is 15.2 Å². The number of carbonyl (C=O) groups excluding carboxylic acids is 1. The fourth-order valence-corrected chi connectivity index (χ4v) is 1.68. The highest BCUT2D eigenvalue weighted by Crippen LogP contribution is 2.17. The minimum Gasteiger partial charge on any atom is -0.482 e. The van der Waals surface area contributed by atoms with Crippen molar-refractivity contribution in [2.24, 2.45) is 0 Å². The standard InChI is InChI=1S/C12H16N2O6S/c1-14(21(2,18)19)7-11(15)13-9-4-3-5-10(6-9)20-8-12(16)17/h3-6H,7-8H2,1-2H3,(H,13,15)(H,16,17). The Bertz CT molecular complexity index is 628. The summed E-state index contributed by atoms with van der Waals surface area (Å²) in [7, 11) is -2.14. The topological polar surface area (TPSA) is 113 Å². The molecule has 0 aliphatic rings. The molecule has 21 heavy (non-hydrogen) atoms. The molecule has 0 spiro atoms. The number of aliphatic carboxylic acids is 1. The van der Waals surface area contributed by atoms with E-state index in [0.717, 1.165) is 10.6 Å². The lowest BCUT2D eigenvalue weighted by molar-refractivity contribution is -0.139. The molecule has 116 valence electrons. The Kier molecular flexibility index (Phi) is 5.68. The number of rotatable bonds is 7. The number of likely N-dealkylation sites (N-methyl/N-ethyl adjacent to an activating group) is 1. The van der Waals surface area contributed by atoms with Gasteiger partial charge >= 0.3 is 5.97 Å². The highest BCUT2D eigenvalue weighted by molar-refractivity contribution is 7.88. The summed E-state index contributed by atoms with van der Waals surface area (Å²) in [6.45, 7) is -0.812. The molecule has 1 amide bonds. The first-order valence-electron chi connectivity index (χ1n) is 5.84. The molecule has 0 unspecified atom stereocenters. The largest absolute Gasteiger partial charge is 0.482 e. The van der Waals surface area contributed by atoms with Gasteiger partial charge in [-0.3, -0.25) is 4.79 Å². The number of benzene rings is 1. The smallest absolute Gasteiger partial charge is 0.341 e. The molecule has 8 nitrogen and oxygen atoms in total. The molecule has 2 N–H and O–H groups in total. The molecule has 0 heterocycles. The van der Waals surface area contributed by atoms with Crippen LogP contribution in [0.3, 0.4) is 0 Å². The van der Waals surface area contributed by atoms with Crippen LogP contribution in [0.15, 0.2) is 24.3 Å². The number of ether oxygens (including phenoxy) is 1. The minimum atomic E-state index is -3.43. The van der Waals surface area contributed by atoms with Gasteiger partial charge in [0.05, 0.1) is 12.8 Å². The van der Waals surface area contributed by atoms with Crippen molar-refractivity contribution in [3.05, 3.63) is 24.3 Å². The molecule has 0 fully saturated rings. The van der Waals surface area contributed by atoms with Gasteiger partial charge in [0.1, 0.15) is 5.75 Å². The van der Waals surface area contributed by atoms with Gasteiger partial charge in [0.2, 0.25) is 15.9 Å². The van der Waals surface area contributed by atoms with E-state index in [1.807, 2.05) is 0 Å². The van der Waals surface area contributed by atoms with Gasteiger partial charge in [-0.15, -0.1) is 0 Å². The quantitative estimate of drug-likeness (QED) is 0.731. The van der Waals surface area contributed by atoms with Gasteiger partial charge in [0.25, 0.3) is 0 Å². The molecular weight excluding hydrogens is 300 g/mol. The third-order valence-corrected chi connectivity index (χ3v) is 3.67. The summed E-state index contributed by atoms with van der Waals surface area (Å²) in [4.78, 5) is 22.1. The number of carboxylic acids is 1. The summed E-state index contributed by atoms with van der Waals surface area (Å²) in [5, 5.41) is 11.0. The van der Waals surface area contributed by atoms with Crippen molar-refractivity contribution in [3.63, 3.8) is 0 Å². The van der Waals surface area contributed by atoms with Gasteiger partial charge in [-0.25, -0.2) is 13.2 Å². The zero-order valence-corrected chi connectivity index (χ0v) is 12.4. The second-order valence-electron chi connectivity index (χ2n) is 4.28. The molecule has 1 rings (SSSR count). The first-order valence-corrected chi connectivity index (χ1v) is 7.69. The third kappa shape index (κ3) is 6.23. The first kappa shape index (κ1) is 16.9. The van der Waals surface area contributed by atoms with E-state index in [1.165, 1.54) is 13.1 Å². The van der Waals surface area contributed by atoms with Gasteiger partial charge in [0.15, 0.2) is 6.61 Å². The molecule has 0 saturated carbocycles. The molecule has 0 aromatic heterocycles. The van der Waals surface area contributed by atoms with Crippen molar-refractivity contribution in [2.75, 3.05) is 31.8 Å². The van der Waals surface area contributed by atoms with E-state index in [2.05, 4.69) is 5.32 Å². The molecule has 1 aromatic carbocycles. The third-order valence-electron chi connectivity index (χ3n) is 2.41. The monoisotopic (exact) mass is 316 g/mol. The zero-order chi connectivity index (χ0) is 16.0.